The number of benzene rings is 2. The number of hydrogen-bond acceptors (Lipinski definition) is 5. The van der Waals surface area contributed by atoms with Crippen LogP contribution in [-0.2, 0) is 13.1 Å². The molecule has 140 valence electrons. The van der Waals surface area contributed by atoms with Gasteiger partial charge in [0.25, 0.3) is 0 Å². The zero-order valence-corrected chi connectivity index (χ0v) is 15.8. The highest BCUT2D eigenvalue weighted by Gasteiger charge is 2.17. The van der Waals surface area contributed by atoms with E-state index in [2.05, 4.69) is 22.8 Å². The summed E-state index contributed by atoms with van der Waals surface area (Å²) in [6.45, 7) is 1.67. The summed E-state index contributed by atoms with van der Waals surface area (Å²) >= 11 is 1.73. The fourth-order valence-electron chi connectivity index (χ4n) is 3.33. The maximum absolute atomic E-state index is 13.4. The van der Waals surface area contributed by atoms with Crippen molar-refractivity contribution >= 4 is 22.2 Å². The number of halogens is 1. The Balaban J connectivity index is 1.55. The van der Waals surface area contributed by atoms with Gasteiger partial charge in [-0.15, -0.1) is 11.3 Å². The lowest BCUT2D eigenvalue weighted by Gasteiger charge is -2.12. The minimum atomic E-state index is -0.259. The molecule has 1 aliphatic rings. The summed E-state index contributed by atoms with van der Waals surface area (Å²) in [5.74, 6) is 1.18. The average molecular weight is 392 g/mol. The van der Waals surface area contributed by atoms with Crippen LogP contribution in [0.2, 0.25) is 0 Å². The van der Waals surface area contributed by atoms with Gasteiger partial charge < -0.3 is 14.8 Å². The van der Waals surface area contributed by atoms with Crippen molar-refractivity contribution in [1.29, 1.82) is 0 Å². The maximum atomic E-state index is 13.4. The third-order valence-corrected chi connectivity index (χ3v) is 5.58. The summed E-state index contributed by atoms with van der Waals surface area (Å²) in [5.41, 5.74) is 3.60. The van der Waals surface area contributed by atoms with Gasteiger partial charge in [-0.05, 0) is 53.4 Å². The first-order chi connectivity index (χ1) is 13.8. The molecule has 0 saturated carbocycles. The van der Waals surface area contributed by atoms with Crippen molar-refractivity contribution in [3.05, 3.63) is 76.2 Å². The maximum Gasteiger partial charge on any atom is 0.231 e. The number of nitrogens with zero attached hydrogens (tertiary/aromatic N) is 1. The smallest absolute Gasteiger partial charge is 0.231 e. The number of nitrogens with one attached hydrogen (secondary N) is 1. The third-order valence-electron chi connectivity index (χ3n) is 4.70. The minimum absolute atomic E-state index is 0.228. The first-order valence-corrected chi connectivity index (χ1v) is 9.86. The number of hydrogen-bond donors (Lipinski definition) is 1. The Kier molecular flexibility index (Phi) is 4.43. The fourth-order valence-corrected chi connectivity index (χ4v) is 4.01. The number of aromatic nitrogens is 1. The molecule has 28 heavy (non-hydrogen) atoms. The predicted molar refractivity (Wildman–Crippen MR) is 108 cm³/mol. The van der Waals surface area contributed by atoms with Gasteiger partial charge in [-0.1, -0.05) is 6.07 Å². The molecule has 3 heterocycles. The Morgan fingerprint density at radius 2 is 1.82 bits per heavy atom. The molecular formula is C22H17FN2O2S. The van der Waals surface area contributed by atoms with Crippen molar-refractivity contribution in [3.63, 3.8) is 0 Å². The van der Waals surface area contributed by atoms with E-state index in [0.717, 1.165) is 40.0 Å². The molecule has 0 saturated heterocycles. The van der Waals surface area contributed by atoms with E-state index in [-0.39, 0.29) is 12.6 Å². The van der Waals surface area contributed by atoms with Gasteiger partial charge in [0, 0.05) is 35.0 Å². The molecule has 0 atom stereocenters. The van der Waals surface area contributed by atoms with E-state index >= 15 is 0 Å². The van der Waals surface area contributed by atoms with Gasteiger partial charge in [0.1, 0.15) is 5.82 Å². The van der Waals surface area contributed by atoms with E-state index in [1.807, 2.05) is 18.2 Å². The lowest BCUT2D eigenvalue weighted by Crippen LogP contribution is -2.13. The first kappa shape index (κ1) is 17.2. The summed E-state index contributed by atoms with van der Waals surface area (Å²) in [7, 11) is 0. The molecule has 1 aliphatic heterocycles. The zero-order valence-electron chi connectivity index (χ0n) is 14.9. The Bertz CT molecular complexity index is 1130. The van der Waals surface area contributed by atoms with Gasteiger partial charge in [0.2, 0.25) is 6.79 Å². The Morgan fingerprint density at radius 1 is 1.00 bits per heavy atom. The van der Waals surface area contributed by atoms with E-state index in [9.17, 15) is 4.39 Å². The molecule has 1 N–H and O–H groups in total. The van der Waals surface area contributed by atoms with Crippen LogP contribution in [0.3, 0.4) is 0 Å². The van der Waals surface area contributed by atoms with Gasteiger partial charge in [0.15, 0.2) is 11.5 Å². The second-order valence-electron chi connectivity index (χ2n) is 6.58. The van der Waals surface area contributed by atoms with Gasteiger partial charge in [-0.25, -0.2) is 9.37 Å². The highest BCUT2D eigenvalue weighted by atomic mass is 32.1. The quantitative estimate of drug-likeness (QED) is 0.512. The first-order valence-electron chi connectivity index (χ1n) is 8.98. The average Bonchev–Trinajstić information content (AvgIpc) is 3.38. The van der Waals surface area contributed by atoms with Crippen LogP contribution < -0.4 is 14.8 Å². The lowest BCUT2D eigenvalue weighted by molar-refractivity contribution is 0.174. The summed E-state index contributed by atoms with van der Waals surface area (Å²) in [6.07, 6.45) is 0. The van der Waals surface area contributed by atoms with Crippen molar-refractivity contribution in [1.82, 2.24) is 10.3 Å². The molecule has 0 unspecified atom stereocenters. The molecule has 2 aromatic heterocycles. The summed E-state index contributed by atoms with van der Waals surface area (Å²) in [6, 6.07) is 16.6. The molecule has 0 radical (unpaired) electrons. The van der Waals surface area contributed by atoms with Gasteiger partial charge in [-0.3, -0.25) is 0 Å². The number of ether oxygens (including phenoxy) is 2. The second-order valence-corrected chi connectivity index (χ2v) is 7.62. The summed E-state index contributed by atoms with van der Waals surface area (Å²) in [5, 5.41) is 6.54. The van der Waals surface area contributed by atoms with Crippen LogP contribution >= 0.6 is 11.3 Å². The standard InChI is InChI=1S/C22H17FN2O2S/c23-17-5-3-14(4-6-17)22-16(11-24-12-18-2-1-7-28-18)8-15-9-20-21(27-13-26-20)10-19(15)25-22/h1-10,24H,11-13H2. The normalized spacial score (nSPS) is 12.6. The number of pyridine rings is 1. The zero-order chi connectivity index (χ0) is 18.9. The topological polar surface area (TPSA) is 43.4 Å². The van der Waals surface area contributed by atoms with Crippen LogP contribution in [0.15, 0.2) is 60.0 Å². The van der Waals surface area contributed by atoms with Crippen molar-refractivity contribution in [3.8, 4) is 22.8 Å². The van der Waals surface area contributed by atoms with Crippen LogP contribution in [0.1, 0.15) is 10.4 Å². The van der Waals surface area contributed by atoms with Gasteiger partial charge >= 0.3 is 0 Å². The fraction of sp³-hybridized carbons (Fsp3) is 0.136. The van der Waals surface area contributed by atoms with E-state index < -0.39 is 0 Å². The minimum Gasteiger partial charge on any atom is -0.454 e. The summed E-state index contributed by atoms with van der Waals surface area (Å²) in [4.78, 5) is 6.15. The lowest BCUT2D eigenvalue weighted by atomic mass is 10.0. The van der Waals surface area contributed by atoms with Crippen molar-refractivity contribution < 1.29 is 13.9 Å². The highest BCUT2D eigenvalue weighted by Crippen LogP contribution is 2.37. The number of fused-ring (bicyclic) bond motifs is 2. The Labute approximate surface area is 165 Å². The SMILES string of the molecule is Fc1ccc(-c2nc3cc4c(cc3cc2CNCc2cccs2)OCO4)cc1. The molecule has 0 fully saturated rings. The Morgan fingerprint density at radius 3 is 2.61 bits per heavy atom. The van der Waals surface area contributed by atoms with Crippen LogP contribution in [-0.4, -0.2) is 11.8 Å². The second kappa shape index (κ2) is 7.22. The molecular weight excluding hydrogens is 375 g/mol. The van der Waals surface area contributed by atoms with Crippen LogP contribution in [0.25, 0.3) is 22.2 Å². The monoisotopic (exact) mass is 392 g/mol. The molecule has 5 rings (SSSR count). The van der Waals surface area contributed by atoms with Gasteiger partial charge in [-0.2, -0.15) is 0 Å². The number of thiophene rings is 1. The van der Waals surface area contributed by atoms with E-state index in [4.69, 9.17) is 14.5 Å². The number of rotatable bonds is 5. The largest absolute Gasteiger partial charge is 0.454 e. The summed E-state index contributed by atoms with van der Waals surface area (Å²) < 4.78 is 24.4. The van der Waals surface area contributed by atoms with Crippen molar-refractivity contribution in [2.45, 2.75) is 13.1 Å². The van der Waals surface area contributed by atoms with Crippen LogP contribution in [0.4, 0.5) is 4.39 Å². The Hall–Kier alpha value is -2.96. The molecule has 4 aromatic rings. The van der Waals surface area contributed by atoms with Crippen molar-refractivity contribution in [2.24, 2.45) is 0 Å². The molecule has 0 amide bonds. The highest BCUT2D eigenvalue weighted by molar-refractivity contribution is 7.09. The predicted octanol–water partition coefficient (Wildman–Crippen LogP) is 5.12. The van der Waals surface area contributed by atoms with E-state index in [1.54, 1.807) is 23.5 Å². The van der Waals surface area contributed by atoms with E-state index in [0.29, 0.717) is 12.3 Å². The van der Waals surface area contributed by atoms with Crippen LogP contribution in [0, 0.1) is 5.82 Å². The third kappa shape index (κ3) is 3.32. The van der Waals surface area contributed by atoms with Crippen LogP contribution in [0.5, 0.6) is 11.5 Å². The molecule has 0 bridgehead atoms. The molecule has 0 spiro atoms. The molecule has 2 aromatic carbocycles. The van der Waals surface area contributed by atoms with Crippen molar-refractivity contribution in [2.75, 3.05) is 6.79 Å². The molecule has 4 nitrogen and oxygen atoms in total. The molecule has 6 heteroatoms. The molecule has 0 aliphatic carbocycles. The van der Waals surface area contributed by atoms with E-state index in [1.165, 1.54) is 17.0 Å². The van der Waals surface area contributed by atoms with Gasteiger partial charge in [0.05, 0.1) is 11.2 Å².